The first-order valence-corrected chi connectivity index (χ1v) is 4.10. The van der Waals surface area contributed by atoms with Crippen molar-refractivity contribution in [1.82, 2.24) is 0 Å². The molecule has 1 rings (SSSR count). The van der Waals surface area contributed by atoms with Crippen LogP contribution < -0.4 is 0 Å². The summed E-state index contributed by atoms with van der Waals surface area (Å²) in [6.07, 6.45) is 2.22. The van der Waals surface area contributed by atoms with E-state index in [1.54, 1.807) is 0 Å². The molecule has 0 saturated carbocycles. The maximum absolute atomic E-state index is 2.22. The van der Waals surface area contributed by atoms with Gasteiger partial charge in [0.05, 0.1) is 0 Å². The molecule has 0 aliphatic carbocycles. The fourth-order valence-corrected chi connectivity index (χ4v) is 1.28. The van der Waals surface area contributed by atoms with Crippen LogP contribution in [0.4, 0.5) is 0 Å². The molecule has 1 radical (unpaired) electrons. The van der Waals surface area contributed by atoms with Crippen molar-refractivity contribution in [3.8, 4) is 0 Å². The van der Waals surface area contributed by atoms with Crippen molar-refractivity contribution in [2.45, 2.75) is 26.7 Å². The Kier molecular flexibility index (Phi) is 2.70. The molecule has 0 fully saturated rings. The highest BCUT2D eigenvalue weighted by Gasteiger charge is 2.03. The van der Waals surface area contributed by atoms with Crippen LogP contribution in [0.2, 0.25) is 0 Å². The SMILES string of the molecule is C[CH][C@H](C)c1ccccc1C. The zero-order valence-electron chi connectivity index (χ0n) is 7.46. The summed E-state index contributed by atoms with van der Waals surface area (Å²) in [5.74, 6) is 0.580. The van der Waals surface area contributed by atoms with Gasteiger partial charge in [-0.25, -0.2) is 0 Å². The number of aryl methyl sites for hydroxylation is 1. The Morgan fingerprint density at radius 3 is 2.45 bits per heavy atom. The molecule has 1 aromatic rings. The van der Waals surface area contributed by atoms with E-state index in [9.17, 15) is 0 Å². The third kappa shape index (κ3) is 1.83. The summed E-state index contributed by atoms with van der Waals surface area (Å²) < 4.78 is 0. The summed E-state index contributed by atoms with van der Waals surface area (Å²) in [6.45, 7) is 6.49. The predicted octanol–water partition coefficient (Wildman–Crippen LogP) is 3.32. The number of hydrogen-bond donors (Lipinski definition) is 0. The second kappa shape index (κ2) is 3.56. The van der Waals surface area contributed by atoms with Crippen molar-refractivity contribution in [2.75, 3.05) is 0 Å². The van der Waals surface area contributed by atoms with Gasteiger partial charge in [-0.15, -0.1) is 0 Å². The standard InChI is InChI=1S/C11H15/c1-4-9(2)11-8-6-5-7-10(11)3/h4-9H,1-3H3/t9-/m0/s1. The highest BCUT2D eigenvalue weighted by molar-refractivity contribution is 5.29. The lowest BCUT2D eigenvalue weighted by molar-refractivity contribution is 0.877. The first-order chi connectivity index (χ1) is 5.25. The molecule has 0 unspecified atom stereocenters. The van der Waals surface area contributed by atoms with Gasteiger partial charge in [0.25, 0.3) is 0 Å². The number of rotatable bonds is 2. The lowest BCUT2D eigenvalue weighted by atomic mass is 9.95. The largest absolute Gasteiger partial charge is 0.0620 e. The smallest absolute Gasteiger partial charge is 0.0159 e. The van der Waals surface area contributed by atoms with Gasteiger partial charge in [0.15, 0.2) is 0 Å². The van der Waals surface area contributed by atoms with Crippen molar-refractivity contribution in [1.29, 1.82) is 0 Å². The minimum absolute atomic E-state index is 0.580. The zero-order chi connectivity index (χ0) is 8.27. The van der Waals surface area contributed by atoms with Crippen LogP contribution in [0.3, 0.4) is 0 Å². The Morgan fingerprint density at radius 2 is 1.91 bits per heavy atom. The van der Waals surface area contributed by atoms with Crippen LogP contribution in [0.5, 0.6) is 0 Å². The molecule has 0 N–H and O–H groups in total. The summed E-state index contributed by atoms with van der Waals surface area (Å²) >= 11 is 0. The minimum atomic E-state index is 0.580. The van der Waals surface area contributed by atoms with Gasteiger partial charge in [-0.2, -0.15) is 0 Å². The Hall–Kier alpha value is -0.780. The first kappa shape index (κ1) is 8.32. The molecule has 59 valence electrons. The molecule has 0 saturated heterocycles. The zero-order valence-corrected chi connectivity index (χ0v) is 7.46. The van der Waals surface area contributed by atoms with Crippen LogP contribution in [0.1, 0.15) is 30.9 Å². The molecule has 0 spiro atoms. The maximum atomic E-state index is 2.22. The van der Waals surface area contributed by atoms with Gasteiger partial charge in [0, 0.05) is 0 Å². The van der Waals surface area contributed by atoms with Crippen LogP contribution in [-0.2, 0) is 0 Å². The predicted molar refractivity (Wildman–Crippen MR) is 49.6 cm³/mol. The van der Waals surface area contributed by atoms with E-state index >= 15 is 0 Å². The Labute approximate surface area is 69.3 Å². The normalized spacial score (nSPS) is 13.0. The molecule has 0 heteroatoms. The summed E-state index contributed by atoms with van der Waals surface area (Å²) in [6, 6.07) is 8.54. The van der Waals surface area contributed by atoms with E-state index in [-0.39, 0.29) is 0 Å². The van der Waals surface area contributed by atoms with Gasteiger partial charge in [0.2, 0.25) is 0 Å². The van der Waals surface area contributed by atoms with Crippen LogP contribution >= 0.6 is 0 Å². The molecule has 0 aliphatic rings. The fourth-order valence-electron chi connectivity index (χ4n) is 1.28. The summed E-state index contributed by atoms with van der Waals surface area (Å²) in [5.41, 5.74) is 2.83. The van der Waals surface area contributed by atoms with Gasteiger partial charge in [-0.05, 0) is 30.4 Å². The molecule has 1 atom stereocenters. The van der Waals surface area contributed by atoms with Gasteiger partial charge in [-0.1, -0.05) is 38.1 Å². The Morgan fingerprint density at radius 1 is 1.27 bits per heavy atom. The Bertz CT molecular complexity index is 225. The Balaban J connectivity index is 2.93. The van der Waals surface area contributed by atoms with Crippen LogP contribution in [-0.4, -0.2) is 0 Å². The van der Waals surface area contributed by atoms with Crippen molar-refractivity contribution in [3.63, 3.8) is 0 Å². The van der Waals surface area contributed by atoms with Gasteiger partial charge < -0.3 is 0 Å². The number of hydrogen-bond acceptors (Lipinski definition) is 0. The highest BCUT2D eigenvalue weighted by atomic mass is 14.1. The molecule has 11 heavy (non-hydrogen) atoms. The maximum Gasteiger partial charge on any atom is -0.0159 e. The molecular weight excluding hydrogens is 132 g/mol. The topological polar surface area (TPSA) is 0 Å². The molecule has 0 bridgehead atoms. The summed E-state index contributed by atoms with van der Waals surface area (Å²) in [5, 5.41) is 0. The van der Waals surface area contributed by atoms with Gasteiger partial charge >= 0.3 is 0 Å². The second-order valence-electron chi connectivity index (χ2n) is 2.98. The van der Waals surface area contributed by atoms with Crippen LogP contribution in [0, 0.1) is 13.3 Å². The third-order valence-electron chi connectivity index (χ3n) is 2.18. The lowest BCUT2D eigenvalue weighted by Gasteiger charge is -2.10. The molecule has 0 nitrogen and oxygen atoms in total. The average Bonchev–Trinajstić information content (AvgIpc) is 2.04. The van der Waals surface area contributed by atoms with E-state index in [4.69, 9.17) is 0 Å². The van der Waals surface area contributed by atoms with Crippen molar-refractivity contribution in [3.05, 3.63) is 41.8 Å². The van der Waals surface area contributed by atoms with E-state index in [1.165, 1.54) is 11.1 Å². The number of benzene rings is 1. The summed E-state index contributed by atoms with van der Waals surface area (Å²) in [4.78, 5) is 0. The molecule has 1 aromatic carbocycles. The highest BCUT2D eigenvalue weighted by Crippen LogP contribution is 2.20. The average molecular weight is 147 g/mol. The molecular formula is C11H15. The van der Waals surface area contributed by atoms with Crippen molar-refractivity contribution in [2.24, 2.45) is 0 Å². The quantitative estimate of drug-likeness (QED) is 0.602. The van der Waals surface area contributed by atoms with E-state index < -0.39 is 0 Å². The summed E-state index contributed by atoms with van der Waals surface area (Å²) in [7, 11) is 0. The molecule has 0 amide bonds. The van der Waals surface area contributed by atoms with Crippen LogP contribution in [0.15, 0.2) is 24.3 Å². The van der Waals surface area contributed by atoms with E-state index in [2.05, 4.69) is 51.5 Å². The second-order valence-corrected chi connectivity index (χ2v) is 2.98. The molecule has 0 aliphatic heterocycles. The fraction of sp³-hybridized carbons (Fsp3) is 0.364. The molecule has 0 aromatic heterocycles. The first-order valence-electron chi connectivity index (χ1n) is 4.10. The minimum Gasteiger partial charge on any atom is -0.0620 e. The van der Waals surface area contributed by atoms with Crippen molar-refractivity contribution < 1.29 is 0 Å². The van der Waals surface area contributed by atoms with Crippen LogP contribution in [0.25, 0.3) is 0 Å². The van der Waals surface area contributed by atoms with Gasteiger partial charge in [0.1, 0.15) is 0 Å². The lowest BCUT2D eigenvalue weighted by Crippen LogP contribution is -1.94. The van der Waals surface area contributed by atoms with E-state index in [1.807, 2.05) is 0 Å². The molecule has 0 heterocycles. The van der Waals surface area contributed by atoms with E-state index in [0.717, 1.165) is 0 Å². The van der Waals surface area contributed by atoms with Gasteiger partial charge in [-0.3, -0.25) is 0 Å². The van der Waals surface area contributed by atoms with E-state index in [0.29, 0.717) is 5.92 Å². The third-order valence-corrected chi connectivity index (χ3v) is 2.18. The van der Waals surface area contributed by atoms with Crippen molar-refractivity contribution >= 4 is 0 Å². The monoisotopic (exact) mass is 147 g/mol.